The van der Waals surface area contributed by atoms with Crippen molar-refractivity contribution in [3.63, 3.8) is 0 Å². The summed E-state index contributed by atoms with van der Waals surface area (Å²) in [6, 6.07) is 0.374. The van der Waals surface area contributed by atoms with Crippen LogP contribution in [0.5, 0.6) is 0 Å². The van der Waals surface area contributed by atoms with E-state index < -0.39 is 0 Å². The second kappa shape index (κ2) is 7.63. The maximum atomic E-state index is 10.5. The lowest BCUT2D eigenvalue weighted by Gasteiger charge is -2.13. The molecule has 0 aliphatic heterocycles. The van der Waals surface area contributed by atoms with Crippen molar-refractivity contribution in [1.82, 2.24) is 10.6 Å². The van der Waals surface area contributed by atoms with Crippen molar-refractivity contribution in [2.75, 3.05) is 13.1 Å². The molecule has 0 radical (unpaired) electrons. The van der Waals surface area contributed by atoms with E-state index in [0.717, 1.165) is 19.4 Å². The summed E-state index contributed by atoms with van der Waals surface area (Å²) in [7, 11) is 0. The van der Waals surface area contributed by atoms with Gasteiger partial charge in [-0.15, -0.1) is 12.3 Å². The average Bonchev–Trinajstić information content (AvgIpc) is 2.10. The van der Waals surface area contributed by atoms with Gasteiger partial charge in [0.1, 0.15) is 0 Å². The molecule has 1 unspecified atom stereocenters. The summed E-state index contributed by atoms with van der Waals surface area (Å²) in [6.07, 6.45) is 6.96. The predicted molar refractivity (Wildman–Crippen MR) is 54.2 cm³/mol. The molecule has 0 bridgehead atoms. The maximum absolute atomic E-state index is 10.5. The molecule has 0 rings (SSSR count). The Kier molecular flexibility index (Phi) is 7.04. The smallest absolute Gasteiger partial charge is 0.216 e. The van der Waals surface area contributed by atoms with Crippen LogP contribution in [0.1, 0.15) is 26.7 Å². The SMILES string of the molecule is C#CCC(CC)NCCNC(C)=O. The topological polar surface area (TPSA) is 41.1 Å². The highest BCUT2D eigenvalue weighted by molar-refractivity contribution is 5.72. The van der Waals surface area contributed by atoms with Crippen molar-refractivity contribution < 1.29 is 4.79 Å². The summed E-state index contributed by atoms with van der Waals surface area (Å²) in [4.78, 5) is 10.5. The molecule has 0 saturated carbocycles. The molecule has 0 aromatic heterocycles. The van der Waals surface area contributed by atoms with Crippen LogP contribution in [0.25, 0.3) is 0 Å². The van der Waals surface area contributed by atoms with Crippen LogP contribution in [0.3, 0.4) is 0 Å². The number of rotatable bonds is 6. The quantitative estimate of drug-likeness (QED) is 0.464. The maximum Gasteiger partial charge on any atom is 0.216 e. The van der Waals surface area contributed by atoms with Gasteiger partial charge in [-0.1, -0.05) is 6.92 Å². The molecule has 0 heterocycles. The van der Waals surface area contributed by atoms with Crippen molar-refractivity contribution >= 4 is 5.91 Å². The number of terminal acetylenes is 1. The van der Waals surface area contributed by atoms with Gasteiger partial charge >= 0.3 is 0 Å². The Bertz CT molecular complexity index is 184. The second-order valence-corrected chi connectivity index (χ2v) is 2.95. The number of nitrogens with one attached hydrogen (secondary N) is 2. The fourth-order valence-electron chi connectivity index (χ4n) is 1.02. The molecule has 1 atom stereocenters. The van der Waals surface area contributed by atoms with E-state index in [1.807, 2.05) is 0 Å². The normalized spacial score (nSPS) is 11.8. The Hall–Kier alpha value is -1.01. The molecule has 13 heavy (non-hydrogen) atoms. The van der Waals surface area contributed by atoms with E-state index in [1.54, 1.807) is 0 Å². The summed E-state index contributed by atoms with van der Waals surface area (Å²) in [6.45, 7) is 5.04. The minimum absolute atomic E-state index is 0.00629. The molecule has 1 amide bonds. The Morgan fingerprint density at radius 2 is 2.23 bits per heavy atom. The third-order valence-corrected chi connectivity index (χ3v) is 1.79. The van der Waals surface area contributed by atoms with Crippen LogP contribution in [-0.4, -0.2) is 25.0 Å². The minimum Gasteiger partial charge on any atom is -0.355 e. The predicted octanol–water partition coefficient (Wildman–Crippen LogP) is 0.514. The first kappa shape index (κ1) is 12.0. The molecule has 0 saturated heterocycles. The summed E-state index contributed by atoms with van der Waals surface area (Å²) < 4.78 is 0. The summed E-state index contributed by atoms with van der Waals surface area (Å²) in [5.74, 6) is 2.62. The zero-order valence-corrected chi connectivity index (χ0v) is 8.39. The third-order valence-electron chi connectivity index (χ3n) is 1.79. The molecule has 0 aromatic carbocycles. The molecule has 74 valence electrons. The van der Waals surface area contributed by atoms with Crippen molar-refractivity contribution in [3.8, 4) is 12.3 Å². The molecule has 0 aromatic rings. The molecule has 3 nitrogen and oxygen atoms in total. The van der Waals surface area contributed by atoms with Gasteiger partial charge in [0.25, 0.3) is 0 Å². The van der Waals surface area contributed by atoms with E-state index in [-0.39, 0.29) is 5.91 Å². The average molecular weight is 182 g/mol. The molecule has 0 aliphatic carbocycles. The van der Waals surface area contributed by atoms with Gasteiger partial charge in [-0.2, -0.15) is 0 Å². The fraction of sp³-hybridized carbons (Fsp3) is 0.700. The van der Waals surface area contributed by atoms with E-state index in [4.69, 9.17) is 6.42 Å². The van der Waals surface area contributed by atoms with Crippen LogP contribution in [0.2, 0.25) is 0 Å². The van der Waals surface area contributed by atoms with Gasteiger partial charge < -0.3 is 10.6 Å². The fourth-order valence-corrected chi connectivity index (χ4v) is 1.02. The standard InChI is InChI=1S/C10H18N2O/c1-4-6-10(5-2)12-8-7-11-9(3)13/h1,10,12H,5-8H2,2-3H3,(H,11,13). The van der Waals surface area contributed by atoms with Crippen LogP contribution in [0, 0.1) is 12.3 Å². The lowest BCUT2D eigenvalue weighted by atomic mass is 10.1. The Balaban J connectivity index is 3.39. The molecular weight excluding hydrogens is 164 g/mol. The highest BCUT2D eigenvalue weighted by atomic mass is 16.1. The Morgan fingerprint density at radius 3 is 2.69 bits per heavy atom. The van der Waals surface area contributed by atoms with Gasteiger partial charge in [0.2, 0.25) is 5.91 Å². The summed E-state index contributed by atoms with van der Waals surface area (Å²) in [5.41, 5.74) is 0. The van der Waals surface area contributed by atoms with Gasteiger partial charge in [-0.3, -0.25) is 4.79 Å². The monoisotopic (exact) mass is 182 g/mol. The number of carbonyl (C=O) groups is 1. The van der Waals surface area contributed by atoms with Crippen LogP contribution < -0.4 is 10.6 Å². The first-order valence-corrected chi connectivity index (χ1v) is 4.62. The van der Waals surface area contributed by atoms with E-state index >= 15 is 0 Å². The van der Waals surface area contributed by atoms with Crippen LogP contribution in [0.15, 0.2) is 0 Å². The highest BCUT2D eigenvalue weighted by Crippen LogP contribution is 1.94. The number of amides is 1. The zero-order valence-electron chi connectivity index (χ0n) is 8.39. The Labute approximate surface area is 80.3 Å². The number of hydrogen-bond donors (Lipinski definition) is 2. The molecule has 0 aliphatic rings. The third kappa shape index (κ3) is 7.35. The lowest BCUT2D eigenvalue weighted by Crippen LogP contribution is -2.35. The van der Waals surface area contributed by atoms with Crippen molar-refractivity contribution in [1.29, 1.82) is 0 Å². The molecule has 2 N–H and O–H groups in total. The van der Waals surface area contributed by atoms with E-state index in [9.17, 15) is 4.79 Å². The summed E-state index contributed by atoms with van der Waals surface area (Å²) >= 11 is 0. The van der Waals surface area contributed by atoms with Crippen molar-refractivity contribution in [3.05, 3.63) is 0 Å². The van der Waals surface area contributed by atoms with Crippen molar-refractivity contribution in [2.24, 2.45) is 0 Å². The van der Waals surface area contributed by atoms with E-state index in [2.05, 4.69) is 23.5 Å². The molecule has 3 heteroatoms. The van der Waals surface area contributed by atoms with Gasteiger partial charge in [-0.05, 0) is 6.42 Å². The van der Waals surface area contributed by atoms with Gasteiger partial charge in [0, 0.05) is 32.5 Å². The van der Waals surface area contributed by atoms with Crippen LogP contribution in [-0.2, 0) is 4.79 Å². The van der Waals surface area contributed by atoms with E-state index in [1.165, 1.54) is 6.92 Å². The molecule has 0 spiro atoms. The van der Waals surface area contributed by atoms with Gasteiger partial charge in [0.15, 0.2) is 0 Å². The molecule has 0 fully saturated rings. The Morgan fingerprint density at radius 1 is 1.54 bits per heavy atom. The number of carbonyl (C=O) groups excluding carboxylic acids is 1. The highest BCUT2D eigenvalue weighted by Gasteiger charge is 2.01. The van der Waals surface area contributed by atoms with Gasteiger partial charge in [-0.25, -0.2) is 0 Å². The lowest BCUT2D eigenvalue weighted by molar-refractivity contribution is -0.118. The summed E-state index contributed by atoms with van der Waals surface area (Å²) in [5, 5.41) is 5.98. The van der Waals surface area contributed by atoms with E-state index in [0.29, 0.717) is 12.6 Å². The van der Waals surface area contributed by atoms with Gasteiger partial charge in [0.05, 0.1) is 0 Å². The van der Waals surface area contributed by atoms with Crippen LogP contribution >= 0.6 is 0 Å². The number of hydrogen-bond acceptors (Lipinski definition) is 2. The molecular formula is C10H18N2O. The minimum atomic E-state index is 0.00629. The first-order valence-electron chi connectivity index (χ1n) is 4.62. The van der Waals surface area contributed by atoms with Crippen LogP contribution in [0.4, 0.5) is 0 Å². The largest absolute Gasteiger partial charge is 0.355 e. The zero-order chi connectivity index (χ0) is 10.1. The second-order valence-electron chi connectivity index (χ2n) is 2.95. The first-order chi connectivity index (χ1) is 6.20. The van der Waals surface area contributed by atoms with Crippen molar-refractivity contribution in [2.45, 2.75) is 32.7 Å².